The second kappa shape index (κ2) is 7.07. The van der Waals surface area contributed by atoms with Gasteiger partial charge in [0.05, 0.1) is 22.2 Å². The number of amides is 1. The molecule has 0 spiro atoms. The largest absolute Gasteiger partial charge is 0.482 e. The molecule has 22 heavy (non-hydrogen) atoms. The Morgan fingerprint density at radius 3 is 2.73 bits per heavy atom. The van der Waals surface area contributed by atoms with E-state index in [4.69, 9.17) is 26.9 Å². The maximum atomic E-state index is 11.7. The van der Waals surface area contributed by atoms with Gasteiger partial charge in [0.1, 0.15) is 17.6 Å². The van der Waals surface area contributed by atoms with Gasteiger partial charge in [-0.15, -0.1) is 0 Å². The summed E-state index contributed by atoms with van der Waals surface area (Å²) < 4.78 is 5.29. The minimum Gasteiger partial charge on any atom is -0.482 e. The molecule has 1 amide bonds. The molecule has 2 aromatic rings. The molecule has 0 unspecified atom stereocenters. The molecule has 2 rings (SSSR count). The number of hydrogen-bond acceptors (Lipinski definition) is 5. The molecule has 0 saturated carbocycles. The van der Waals surface area contributed by atoms with Crippen LogP contribution in [0.25, 0.3) is 0 Å². The number of nitriles is 2. The fraction of sp³-hybridized carbons (Fsp3) is 0.0667. The Labute approximate surface area is 131 Å². The first-order valence-corrected chi connectivity index (χ1v) is 6.48. The molecule has 1 aromatic carbocycles. The van der Waals surface area contributed by atoms with Crippen molar-refractivity contribution in [2.45, 2.75) is 0 Å². The Bertz CT molecular complexity index is 776. The van der Waals surface area contributed by atoms with Crippen LogP contribution >= 0.6 is 11.6 Å². The van der Waals surface area contributed by atoms with Crippen molar-refractivity contribution in [3.05, 3.63) is 52.7 Å². The number of carbonyl (C=O) groups is 1. The van der Waals surface area contributed by atoms with E-state index in [1.54, 1.807) is 12.1 Å². The zero-order chi connectivity index (χ0) is 15.9. The lowest BCUT2D eigenvalue weighted by molar-refractivity contribution is -0.118. The van der Waals surface area contributed by atoms with E-state index < -0.39 is 5.91 Å². The average molecular weight is 313 g/mol. The molecule has 1 heterocycles. The molecule has 0 aliphatic rings. The smallest absolute Gasteiger partial charge is 0.263 e. The minimum atomic E-state index is -0.428. The van der Waals surface area contributed by atoms with E-state index in [0.29, 0.717) is 16.4 Å². The molecule has 1 aromatic heterocycles. The van der Waals surface area contributed by atoms with E-state index in [2.05, 4.69) is 10.3 Å². The lowest BCUT2D eigenvalue weighted by atomic mass is 10.1. The van der Waals surface area contributed by atoms with Crippen molar-refractivity contribution in [3.63, 3.8) is 0 Å². The van der Waals surface area contributed by atoms with E-state index in [1.807, 2.05) is 12.1 Å². The summed E-state index contributed by atoms with van der Waals surface area (Å²) in [4.78, 5) is 15.7. The first-order chi connectivity index (χ1) is 10.6. The molecule has 0 aliphatic carbocycles. The number of anilines is 1. The molecular formula is C15H9ClN4O2. The van der Waals surface area contributed by atoms with E-state index in [1.165, 1.54) is 24.4 Å². The van der Waals surface area contributed by atoms with E-state index in [9.17, 15) is 4.79 Å². The number of pyridine rings is 1. The fourth-order valence-corrected chi connectivity index (χ4v) is 1.70. The Balaban J connectivity index is 1.98. The molecule has 0 saturated heterocycles. The zero-order valence-electron chi connectivity index (χ0n) is 11.2. The van der Waals surface area contributed by atoms with Gasteiger partial charge in [0.25, 0.3) is 5.91 Å². The van der Waals surface area contributed by atoms with Gasteiger partial charge in [0.15, 0.2) is 6.61 Å². The minimum absolute atomic E-state index is 0.191. The Morgan fingerprint density at radius 1 is 1.27 bits per heavy atom. The first kappa shape index (κ1) is 15.3. The Morgan fingerprint density at radius 2 is 2.09 bits per heavy atom. The Kier molecular flexibility index (Phi) is 4.92. The van der Waals surface area contributed by atoms with Crippen molar-refractivity contribution in [1.82, 2.24) is 4.98 Å². The standard InChI is InChI=1S/C15H9ClN4O2/c16-12-2-4-14(19-8-12)20-15(21)9-22-13-3-1-10(6-17)5-11(13)7-18/h1-5,8H,9H2,(H,19,20,21). The van der Waals surface area contributed by atoms with Crippen LogP contribution < -0.4 is 10.1 Å². The van der Waals surface area contributed by atoms with Gasteiger partial charge >= 0.3 is 0 Å². The molecule has 0 radical (unpaired) electrons. The van der Waals surface area contributed by atoms with E-state index in [-0.39, 0.29) is 17.9 Å². The number of carbonyl (C=O) groups excluding carboxylic acids is 1. The van der Waals surface area contributed by atoms with Crippen LogP contribution in [0.2, 0.25) is 5.02 Å². The van der Waals surface area contributed by atoms with Crippen LogP contribution in [0.3, 0.4) is 0 Å². The van der Waals surface area contributed by atoms with Gasteiger partial charge in [-0.1, -0.05) is 11.6 Å². The number of benzene rings is 1. The normalized spacial score (nSPS) is 9.41. The van der Waals surface area contributed by atoms with Crippen molar-refractivity contribution in [2.24, 2.45) is 0 Å². The summed E-state index contributed by atoms with van der Waals surface area (Å²) in [6, 6.07) is 11.4. The predicted octanol–water partition coefficient (Wildman–Crippen LogP) is 2.50. The lowest BCUT2D eigenvalue weighted by Gasteiger charge is -2.08. The van der Waals surface area contributed by atoms with Gasteiger partial charge in [-0.3, -0.25) is 4.79 Å². The molecule has 0 atom stereocenters. The third kappa shape index (κ3) is 3.95. The van der Waals surface area contributed by atoms with Crippen LogP contribution in [-0.2, 0) is 4.79 Å². The lowest BCUT2D eigenvalue weighted by Crippen LogP contribution is -2.21. The highest BCUT2D eigenvalue weighted by molar-refractivity contribution is 6.30. The highest BCUT2D eigenvalue weighted by atomic mass is 35.5. The number of nitrogens with zero attached hydrogens (tertiary/aromatic N) is 3. The van der Waals surface area contributed by atoms with Crippen molar-refractivity contribution >= 4 is 23.3 Å². The summed E-state index contributed by atoms with van der Waals surface area (Å²) in [6.45, 7) is -0.287. The van der Waals surface area contributed by atoms with Crippen LogP contribution in [-0.4, -0.2) is 17.5 Å². The summed E-state index contributed by atoms with van der Waals surface area (Å²) in [6.07, 6.45) is 1.41. The third-order valence-electron chi connectivity index (χ3n) is 2.58. The van der Waals surface area contributed by atoms with Gasteiger partial charge in [-0.05, 0) is 30.3 Å². The summed E-state index contributed by atoms with van der Waals surface area (Å²) in [5, 5.41) is 20.8. The van der Waals surface area contributed by atoms with Gasteiger partial charge in [-0.25, -0.2) is 4.98 Å². The molecule has 0 fully saturated rings. The molecular weight excluding hydrogens is 304 g/mol. The van der Waals surface area contributed by atoms with Crippen LogP contribution in [0.15, 0.2) is 36.5 Å². The summed E-state index contributed by atoms with van der Waals surface area (Å²) in [5.41, 5.74) is 0.537. The second-order valence-electron chi connectivity index (χ2n) is 4.13. The molecule has 6 nitrogen and oxygen atoms in total. The zero-order valence-corrected chi connectivity index (χ0v) is 12.0. The van der Waals surface area contributed by atoms with Crippen LogP contribution in [0, 0.1) is 22.7 Å². The molecule has 0 aliphatic heterocycles. The maximum absolute atomic E-state index is 11.7. The van der Waals surface area contributed by atoms with Crippen LogP contribution in [0.5, 0.6) is 5.75 Å². The van der Waals surface area contributed by atoms with Crippen molar-refractivity contribution in [3.8, 4) is 17.9 Å². The number of hydrogen-bond donors (Lipinski definition) is 1. The summed E-state index contributed by atoms with van der Waals surface area (Å²) >= 11 is 5.69. The van der Waals surface area contributed by atoms with Crippen LogP contribution in [0.4, 0.5) is 5.82 Å². The van der Waals surface area contributed by atoms with E-state index in [0.717, 1.165) is 0 Å². The van der Waals surface area contributed by atoms with Crippen molar-refractivity contribution in [1.29, 1.82) is 10.5 Å². The highest BCUT2D eigenvalue weighted by Gasteiger charge is 2.08. The number of nitrogens with one attached hydrogen (secondary N) is 1. The summed E-state index contributed by atoms with van der Waals surface area (Å²) in [7, 11) is 0. The number of rotatable bonds is 4. The highest BCUT2D eigenvalue weighted by Crippen LogP contribution is 2.19. The SMILES string of the molecule is N#Cc1ccc(OCC(=O)Nc2ccc(Cl)cn2)c(C#N)c1. The van der Waals surface area contributed by atoms with Gasteiger partial charge in [0, 0.05) is 6.20 Å². The van der Waals surface area contributed by atoms with Crippen molar-refractivity contribution in [2.75, 3.05) is 11.9 Å². The maximum Gasteiger partial charge on any atom is 0.263 e. The topological polar surface area (TPSA) is 98.8 Å². The molecule has 108 valence electrons. The Hall–Kier alpha value is -3.09. The predicted molar refractivity (Wildman–Crippen MR) is 79.2 cm³/mol. The number of aromatic nitrogens is 1. The van der Waals surface area contributed by atoms with Crippen molar-refractivity contribution < 1.29 is 9.53 Å². The fourth-order valence-electron chi connectivity index (χ4n) is 1.58. The summed E-state index contributed by atoms with van der Waals surface area (Å²) in [5.74, 6) is 0.155. The van der Waals surface area contributed by atoms with Gasteiger partial charge in [-0.2, -0.15) is 10.5 Å². The van der Waals surface area contributed by atoms with Crippen LogP contribution in [0.1, 0.15) is 11.1 Å². The first-order valence-electron chi connectivity index (χ1n) is 6.11. The number of halogens is 1. The molecule has 1 N–H and O–H groups in total. The monoisotopic (exact) mass is 312 g/mol. The van der Waals surface area contributed by atoms with E-state index >= 15 is 0 Å². The molecule has 7 heteroatoms. The third-order valence-corrected chi connectivity index (χ3v) is 2.81. The van der Waals surface area contributed by atoms with Gasteiger partial charge in [0.2, 0.25) is 0 Å². The quantitative estimate of drug-likeness (QED) is 0.935. The van der Waals surface area contributed by atoms with Gasteiger partial charge < -0.3 is 10.1 Å². The molecule has 0 bridgehead atoms. The average Bonchev–Trinajstić information content (AvgIpc) is 2.55. The number of ether oxygens (including phenoxy) is 1. The second-order valence-corrected chi connectivity index (χ2v) is 4.57.